The third kappa shape index (κ3) is 5.62. The van der Waals surface area contributed by atoms with Crippen molar-refractivity contribution in [1.82, 2.24) is 29.7 Å². The van der Waals surface area contributed by atoms with Crippen LogP contribution in [0.5, 0.6) is 6.01 Å². The molecule has 4 aromatic rings. The smallest absolute Gasteiger partial charge is 0.316 e. The number of nitrogens with zero attached hydrogens (tertiary/aromatic N) is 7. The van der Waals surface area contributed by atoms with Crippen molar-refractivity contribution in [2.24, 2.45) is 0 Å². The van der Waals surface area contributed by atoms with Gasteiger partial charge in [0.1, 0.15) is 27.9 Å². The largest absolute Gasteiger partial charge is 0.459 e. The number of fused-ring (bicyclic) bond motifs is 1. The second-order valence-electron chi connectivity index (χ2n) is 8.84. The Balaban J connectivity index is 1.23. The monoisotopic (exact) mass is 485 g/mol. The molecule has 0 aliphatic carbocycles. The quantitative estimate of drug-likeness (QED) is 0.391. The Hall–Kier alpha value is -3.45. The molecular weight excluding hydrogens is 458 g/mol. The normalized spacial score (nSPS) is 15.7. The van der Waals surface area contributed by atoms with Crippen LogP contribution in [0.2, 0.25) is 0 Å². The van der Waals surface area contributed by atoms with Crippen molar-refractivity contribution in [3.8, 4) is 12.1 Å². The Labute approximate surface area is 208 Å². The molecule has 1 aliphatic heterocycles. The highest BCUT2D eigenvalue weighted by Crippen LogP contribution is 2.30. The Kier molecular flexibility index (Phi) is 6.95. The second kappa shape index (κ2) is 10.4. The molecule has 1 aromatic carbocycles. The summed E-state index contributed by atoms with van der Waals surface area (Å²) in [5.41, 5.74) is 4.62. The number of benzene rings is 1. The molecule has 1 aliphatic rings. The number of hydrogen-bond acceptors (Lipinski definition) is 9. The predicted molar refractivity (Wildman–Crippen MR) is 135 cm³/mol. The Morgan fingerprint density at radius 3 is 2.54 bits per heavy atom. The molecule has 1 unspecified atom stereocenters. The Morgan fingerprint density at radius 1 is 1.00 bits per heavy atom. The molecule has 0 spiro atoms. The highest BCUT2D eigenvalue weighted by molar-refractivity contribution is 7.18. The lowest BCUT2D eigenvalue weighted by atomic mass is 10.1. The van der Waals surface area contributed by atoms with Crippen LogP contribution in [0.15, 0.2) is 48.7 Å². The number of pyridine rings is 1. The molecule has 0 bridgehead atoms. The van der Waals surface area contributed by atoms with Crippen molar-refractivity contribution in [3.63, 3.8) is 0 Å². The topological polar surface area (TPSA) is 91.1 Å². The van der Waals surface area contributed by atoms with Crippen LogP contribution in [-0.2, 0) is 13.2 Å². The second-order valence-corrected chi connectivity index (χ2v) is 9.85. The first-order valence-corrected chi connectivity index (χ1v) is 12.5. The van der Waals surface area contributed by atoms with Crippen molar-refractivity contribution in [2.75, 3.05) is 33.2 Å². The lowest BCUT2D eigenvalue weighted by Crippen LogP contribution is -2.43. The van der Waals surface area contributed by atoms with Gasteiger partial charge in [-0.15, -0.1) is 0 Å². The third-order valence-corrected chi connectivity index (χ3v) is 7.16. The number of aryl methyl sites for hydroxylation is 1. The van der Waals surface area contributed by atoms with Crippen LogP contribution in [0.3, 0.4) is 0 Å². The van der Waals surface area contributed by atoms with Crippen molar-refractivity contribution in [3.05, 3.63) is 76.2 Å². The van der Waals surface area contributed by atoms with Gasteiger partial charge >= 0.3 is 6.01 Å². The van der Waals surface area contributed by atoms with Gasteiger partial charge in [0, 0.05) is 44.6 Å². The maximum Gasteiger partial charge on any atom is 0.316 e. The standard InChI is InChI=1S/C26H27N7OS/c1-18-3-8-23-25(29-18)35-24(30-23)21(15-27)22-9-10-28-26(31-22)34-17-20-6-4-19(5-7-20)16-33-13-11-32(2)12-14-33/h3-10,21H,11-14,16-17H2,1-2H3. The molecule has 0 saturated carbocycles. The molecule has 4 heterocycles. The molecule has 5 rings (SSSR count). The average molecular weight is 486 g/mol. The van der Waals surface area contributed by atoms with E-state index < -0.39 is 5.92 Å². The third-order valence-electron chi connectivity index (χ3n) is 6.13. The molecule has 1 atom stereocenters. The van der Waals surface area contributed by atoms with Crippen molar-refractivity contribution >= 4 is 21.7 Å². The van der Waals surface area contributed by atoms with E-state index in [4.69, 9.17) is 4.74 Å². The van der Waals surface area contributed by atoms with E-state index in [1.807, 2.05) is 19.1 Å². The van der Waals surface area contributed by atoms with Gasteiger partial charge in [-0.25, -0.2) is 15.0 Å². The van der Waals surface area contributed by atoms with Crippen LogP contribution in [-0.4, -0.2) is 63.0 Å². The van der Waals surface area contributed by atoms with Gasteiger partial charge in [0.15, 0.2) is 0 Å². The van der Waals surface area contributed by atoms with Crippen LogP contribution in [0, 0.1) is 18.3 Å². The first kappa shape index (κ1) is 23.3. The highest BCUT2D eigenvalue weighted by Gasteiger charge is 2.21. The van der Waals surface area contributed by atoms with Gasteiger partial charge in [0.25, 0.3) is 0 Å². The number of aromatic nitrogens is 4. The fourth-order valence-corrected chi connectivity index (χ4v) is 5.08. The van der Waals surface area contributed by atoms with E-state index in [-0.39, 0.29) is 6.01 Å². The summed E-state index contributed by atoms with van der Waals surface area (Å²) in [5.74, 6) is -0.603. The molecule has 3 aromatic heterocycles. The van der Waals surface area contributed by atoms with E-state index in [2.05, 4.69) is 67.1 Å². The molecule has 0 amide bonds. The van der Waals surface area contributed by atoms with Gasteiger partial charge in [-0.2, -0.15) is 10.2 Å². The Bertz CT molecular complexity index is 1340. The summed E-state index contributed by atoms with van der Waals surface area (Å²) in [6.45, 7) is 7.71. The minimum Gasteiger partial charge on any atom is -0.459 e. The van der Waals surface area contributed by atoms with Gasteiger partial charge in [-0.1, -0.05) is 35.6 Å². The van der Waals surface area contributed by atoms with E-state index >= 15 is 0 Å². The fraction of sp³-hybridized carbons (Fsp3) is 0.346. The molecule has 35 heavy (non-hydrogen) atoms. The zero-order chi connectivity index (χ0) is 24.2. The molecular formula is C26H27N7OS. The zero-order valence-corrected chi connectivity index (χ0v) is 20.7. The zero-order valence-electron chi connectivity index (χ0n) is 19.9. The van der Waals surface area contributed by atoms with E-state index in [0.29, 0.717) is 17.3 Å². The number of nitriles is 1. The van der Waals surface area contributed by atoms with Gasteiger partial charge < -0.3 is 9.64 Å². The summed E-state index contributed by atoms with van der Waals surface area (Å²) in [6.07, 6.45) is 1.62. The lowest BCUT2D eigenvalue weighted by molar-refractivity contribution is 0.148. The molecule has 0 radical (unpaired) electrons. The van der Waals surface area contributed by atoms with Gasteiger partial charge in [0.2, 0.25) is 0 Å². The summed E-state index contributed by atoms with van der Waals surface area (Å²) in [6, 6.07) is 16.6. The number of piperazine rings is 1. The van der Waals surface area contributed by atoms with E-state index in [9.17, 15) is 5.26 Å². The number of rotatable bonds is 7. The summed E-state index contributed by atoms with van der Waals surface area (Å²) >= 11 is 1.42. The van der Waals surface area contributed by atoms with E-state index in [0.717, 1.165) is 54.3 Å². The minimum atomic E-state index is -0.603. The summed E-state index contributed by atoms with van der Waals surface area (Å²) in [4.78, 5) is 23.5. The fourth-order valence-electron chi connectivity index (χ4n) is 4.03. The van der Waals surface area contributed by atoms with Crippen molar-refractivity contribution in [1.29, 1.82) is 5.26 Å². The summed E-state index contributed by atoms with van der Waals surface area (Å²) in [5, 5.41) is 10.5. The average Bonchev–Trinajstić information content (AvgIpc) is 3.28. The minimum absolute atomic E-state index is 0.249. The maximum atomic E-state index is 9.86. The van der Waals surface area contributed by atoms with E-state index in [1.54, 1.807) is 12.3 Å². The van der Waals surface area contributed by atoms with Crippen LogP contribution in [0.1, 0.15) is 33.4 Å². The van der Waals surface area contributed by atoms with Gasteiger partial charge in [0.05, 0.1) is 11.8 Å². The van der Waals surface area contributed by atoms with Gasteiger partial charge in [-0.3, -0.25) is 4.90 Å². The molecule has 1 fully saturated rings. The highest BCUT2D eigenvalue weighted by atomic mass is 32.1. The molecule has 0 N–H and O–H groups in total. The van der Waals surface area contributed by atoms with Crippen molar-refractivity contribution in [2.45, 2.75) is 26.0 Å². The lowest BCUT2D eigenvalue weighted by Gasteiger charge is -2.32. The van der Waals surface area contributed by atoms with Crippen LogP contribution < -0.4 is 4.74 Å². The van der Waals surface area contributed by atoms with Crippen molar-refractivity contribution < 1.29 is 4.74 Å². The first-order chi connectivity index (χ1) is 17.1. The van der Waals surface area contributed by atoms with Crippen LogP contribution >= 0.6 is 11.3 Å². The van der Waals surface area contributed by atoms with Gasteiger partial charge in [-0.05, 0) is 43.3 Å². The first-order valence-electron chi connectivity index (χ1n) is 11.7. The number of hydrogen-bond donors (Lipinski definition) is 0. The number of thiazole rings is 1. The Morgan fingerprint density at radius 2 is 1.77 bits per heavy atom. The molecule has 178 valence electrons. The number of likely N-dealkylation sites (N-methyl/N-ethyl adjacent to an activating group) is 1. The predicted octanol–water partition coefficient (Wildman–Crippen LogP) is 3.77. The molecule has 1 saturated heterocycles. The van der Waals surface area contributed by atoms with Crippen LogP contribution in [0.4, 0.5) is 0 Å². The van der Waals surface area contributed by atoms with Crippen LogP contribution in [0.25, 0.3) is 10.3 Å². The maximum absolute atomic E-state index is 9.86. The summed E-state index contributed by atoms with van der Waals surface area (Å²) in [7, 11) is 2.17. The van der Waals surface area contributed by atoms with E-state index in [1.165, 1.54) is 16.9 Å². The molecule has 9 heteroatoms. The summed E-state index contributed by atoms with van der Waals surface area (Å²) < 4.78 is 5.86. The SMILES string of the molecule is Cc1ccc2nc(C(C#N)c3ccnc(OCc4ccc(CN5CCN(C)CC5)cc4)n3)sc2n1. The molecule has 8 nitrogen and oxygen atoms in total. The number of ether oxygens (including phenoxy) is 1.